The van der Waals surface area contributed by atoms with Gasteiger partial charge in [0.25, 0.3) is 0 Å². The van der Waals surface area contributed by atoms with Crippen molar-refractivity contribution in [3.63, 3.8) is 0 Å². The third-order valence-corrected chi connectivity index (χ3v) is 5.72. The van der Waals surface area contributed by atoms with Crippen LogP contribution in [0.4, 0.5) is 5.82 Å². The van der Waals surface area contributed by atoms with Gasteiger partial charge in [-0.1, -0.05) is 15.9 Å². The van der Waals surface area contributed by atoms with Gasteiger partial charge in [0.15, 0.2) is 0 Å². The van der Waals surface area contributed by atoms with E-state index in [4.69, 9.17) is 14.7 Å². The van der Waals surface area contributed by atoms with Crippen LogP contribution in [0.15, 0.2) is 41.0 Å². The zero-order valence-corrected chi connectivity index (χ0v) is 17.4. The van der Waals surface area contributed by atoms with E-state index in [2.05, 4.69) is 62.7 Å². The van der Waals surface area contributed by atoms with Crippen molar-refractivity contribution in [1.82, 2.24) is 14.5 Å². The number of hydrogen-bond acceptors (Lipinski definition) is 4. The van der Waals surface area contributed by atoms with E-state index < -0.39 is 0 Å². The largest absolute Gasteiger partial charge is 0.380 e. The minimum atomic E-state index is 0.566. The number of aromatic nitrogens is 3. The predicted octanol–water partition coefficient (Wildman–Crippen LogP) is 4.89. The number of benzene rings is 1. The molecular weight excluding hydrogens is 404 g/mol. The molecule has 0 unspecified atom stereocenters. The first-order valence-corrected chi connectivity index (χ1v) is 10.4. The average molecular weight is 429 g/mol. The molecule has 0 radical (unpaired) electrons. The van der Waals surface area contributed by atoms with Gasteiger partial charge < -0.3 is 14.2 Å². The van der Waals surface area contributed by atoms with Crippen LogP contribution in [-0.2, 0) is 11.3 Å². The van der Waals surface area contributed by atoms with Crippen LogP contribution in [0.5, 0.6) is 0 Å². The summed E-state index contributed by atoms with van der Waals surface area (Å²) in [7, 11) is 0. The lowest BCUT2D eigenvalue weighted by molar-refractivity contribution is 0.140. The van der Waals surface area contributed by atoms with Crippen LogP contribution < -0.4 is 4.90 Å². The van der Waals surface area contributed by atoms with Crippen molar-refractivity contribution in [3.05, 3.63) is 41.0 Å². The molecule has 0 N–H and O–H groups in total. The Morgan fingerprint density at radius 1 is 1.26 bits per heavy atom. The summed E-state index contributed by atoms with van der Waals surface area (Å²) in [5.41, 5.74) is 3.13. The van der Waals surface area contributed by atoms with Gasteiger partial charge in [0.1, 0.15) is 11.6 Å². The van der Waals surface area contributed by atoms with Gasteiger partial charge in [0.2, 0.25) is 0 Å². The fraction of sp³-hybridized carbons (Fsp3) is 0.429. The number of ether oxygens (including phenoxy) is 1. The number of anilines is 1. The molecule has 6 heteroatoms. The fourth-order valence-electron chi connectivity index (χ4n) is 3.81. The van der Waals surface area contributed by atoms with E-state index in [0.29, 0.717) is 12.6 Å². The molecule has 142 valence electrons. The highest BCUT2D eigenvalue weighted by Crippen LogP contribution is 2.29. The summed E-state index contributed by atoms with van der Waals surface area (Å²) in [5.74, 6) is 2.00. The SMILES string of the molecule is CCOCCn1c(-c2ccc(N3CCC[C@@H]3C)nc2)nc2cc(Br)ccc21. The number of nitrogens with zero attached hydrogens (tertiary/aromatic N) is 4. The molecule has 2 aromatic heterocycles. The first-order valence-electron chi connectivity index (χ1n) is 9.64. The van der Waals surface area contributed by atoms with E-state index in [-0.39, 0.29) is 0 Å². The summed E-state index contributed by atoms with van der Waals surface area (Å²) in [5, 5.41) is 0. The molecule has 4 rings (SSSR count). The lowest BCUT2D eigenvalue weighted by Gasteiger charge is -2.22. The maximum Gasteiger partial charge on any atom is 0.142 e. The van der Waals surface area contributed by atoms with E-state index in [9.17, 15) is 0 Å². The second-order valence-corrected chi connectivity index (χ2v) is 7.92. The van der Waals surface area contributed by atoms with E-state index in [0.717, 1.165) is 52.4 Å². The van der Waals surface area contributed by atoms with Crippen LogP contribution in [0, 0.1) is 0 Å². The Labute approximate surface area is 168 Å². The molecule has 0 bridgehead atoms. The van der Waals surface area contributed by atoms with E-state index in [1.54, 1.807) is 0 Å². The van der Waals surface area contributed by atoms with Crippen molar-refractivity contribution >= 4 is 32.8 Å². The molecule has 3 heterocycles. The molecule has 5 nitrogen and oxygen atoms in total. The molecule has 1 aliphatic rings. The Morgan fingerprint density at radius 2 is 2.15 bits per heavy atom. The second kappa shape index (κ2) is 7.98. The highest BCUT2D eigenvalue weighted by molar-refractivity contribution is 9.10. The number of fused-ring (bicyclic) bond motifs is 1. The molecule has 0 saturated carbocycles. The number of pyridine rings is 1. The molecule has 1 fully saturated rings. The molecule has 3 aromatic rings. The van der Waals surface area contributed by atoms with Gasteiger partial charge in [-0.15, -0.1) is 0 Å². The quantitative estimate of drug-likeness (QED) is 0.524. The highest BCUT2D eigenvalue weighted by atomic mass is 79.9. The molecule has 0 amide bonds. The lowest BCUT2D eigenvalue weighted by atomic mass is 10.2. The van der Waals surface area contributed by atoms with Crippen LogP contribution in [0.25, 0.3) is 22.4 Å². The Morgan fingerprint density at radius 3 is 2.85 bits per heavy atom. The van der Waals surface area contributed by atoms with Crippen molar-refractivity contribution < 1.29 is 4.74 Å². The summed E-state index contributed by atoms with van der Waals surface area (Å²) in [6, 6.07) is 11.1. The molecule has 1 aromatic carbocycles. The normalized spacial score (nSPS) is 17.1. The zero-order valence-electron chi connectivity index (χ0n) is 15.9. The summed E-state index contributed by atoms with van der Waals surface area (Å²) in [6.45, 7) is 7.54. The predicted molar refractivity (Wildman–Crippen MR) is 113 cm³/mol. The van der Waals surface area contributed by atoms with Gasteiger partial charge in [-0.3, -0.25) is 0 Å². The number of hydrogen-bond donors (Lipinski definition) is 0. The summed E-state index contributed by atoms with van der Waals surface area (Å²) in [4.78, 5) is 12.0. The maximum atomic E-state index is 5.59. The Bertz CT molecular complexity index is 922. The summed E-state index contributed by atoms with van der Waals surface area (Å²) in [6.07, 6.45) is 4.44. The van der Waals surface area contributed by atoms with Crippen molar-refractivity contribution in [1.29, 1.82) is 0 Å². The van der Waals surface area contributed by atoms with Crippen LogP contribution in [0.3, 0.4) is 0 Å². The standard InChI is InChI=1S/C21H25BrN4O/c1-3-27-12-11-26-19-8-7-17(22)13-18(19)24-21(26)16-6-9-20(23-14-16)25-10-4-5-15(25)2/h6-9,13-15H,3-5,10-12H2,1-2H3/t15-/m0/s1. The van der Waals surface area contributed by atoms with Crippen molar-refractivity contribution in [2.24, 2.45) is 0 Å². The smallest absolute Gasteiger partial charge is 0.142 e. The number of imidazole rings is 1. The van der Waals surface area contributed by atoms with Crippen LogP contribution in [0.2, 0.25) is 0 Å². The first kappa shape index (κ1) is 18.4. The molecule has 1 atom stereocenters. The van der Waals surface area contributed by atoms with Gasteiger partial charge >= 0.3 is 0 Å². The van der Waals surface area contributed by atoms with Gasteiger partial charge in [-0.25, -0.2) is 9.97 Å². The highest BCUT2D eigenvalue weighted by Gasteiger charge is 2.21. The summed E-state index contributed by atoms with van der Waals surface area (Å²) < 4.78 is 8.85. The van der Waals surface area contributed by atoms with Crippen LogP contribution in [-0.4, -0.2) is 40.3 Å². The third kappa shape index (κ3) is 3.73. The average Bonchev–Trinajstić information content (AvgIpc) is 3.25. The monoisotopic (exact) mass is 428 g/mol. The maximum absolute atomic E-state index is 5.59. The van der Waals surface area contributed by atoms with Crippen molar-refractivity contribution in [3.8, 4) is 11.4 Å². The van der Waals surface area contributed by atoms with Gasteiger partial charge in [-0.2, -0.15) is 0 Å². The Balaban J connectivity index is 1.70. The van der Waals surface area contributed by atoms with Crippen molar-refractivity contribution in [2.45, 2.75) is 39.3 Å². The van der Waals surface area contributed by atoms with Gasteiger partial charge in [-0.05, 0) is 57.0 Å². The van der Waals surface area contributed by atoms with Gasteiger partial charge in [0, 0.05) is 42.0 Å². The second-order valence-electron chi connectivity index (χ2n) is 7.01. The van der Waals surface area contributed by atoms with E-state index in [1.807, 2.05) is 13.1 Å². The topological polar surface area (TPSA) is 43.2 Å². The van der Waals surface area contributed by atoms with E-state index in [1.165, 1.54) is 12.8 Å². The minimum Gasteiger partial charge on any atom is -0.380 e. The lowest BCUT2D eigenvalue weighted by Crippen LogP contribution is -2.26. The first-order chi connectivity index (χ1) is 13.2. The van der Waals surface area contributed by atoms with E-state index >= 15 is 0 Å². The fourth-order valence-corrected chi connectivity index (χ4v) is 4.16. The third-order valence-electron chi connectivity index (χ3n) is 5.23. The molecule has 1 saturated heterocycles. The van der Waals surface area contributed by atoms with Gasteiger partial charge in [0.05, 0.1) is 17.6 Å². The summed E-state index contributed by atoms with van der Waals surface area (Å²) >= 11 is 3.55. The van der Waals surface area contributed by atoms with Crippen LogP contribution in [0.1, 0.15) is 26.7 Å². The van der Waals surface area contributed by atoms with Crippen molar-refractivity contribution in [2.75, 3.05) is 24.7 Å². The minimum absolute atomic E-state index is 0.566. The Hall–Kier alpha value is -1.92. The Kier molecular flexibility index (Phi) is 5.45. The molecule has 1 aliphatic heterocycles. The zero-order chi connectivity index (χ0) is 18.8. The molecule has 0 spiro atoms. The molecular formula is C21H25BrN4O. The van der Waals surface area contributed by atoms with Crippen LogP contribution >= 0.6 is 15.9 Å². The number of rotatable bonds is 6. The number of halogens is 1. The molecule has 0 aliphatic carbocycles. The molecule has 27 heavy (non-hydrogen) atoms.